The van der Waals surface area contributed by atoms with Gasteiger partial charge in [0.05, 0.1) is 0 Å². The van der Waals surface area contributed by atoms with Gasteiger partial charge in [-0.25, -0.2) is 0 Å². The Morgan fingerprint density at radius 2 is 2.50 bits per heavy atom. The van der Waals surface area contributed by atoms with Gasteiger partial charge in [-0.2, -0.15) is 0 Å². The zero-order valence-electron chi connectivity index (χ0n) is 5.05. The Balaban J connectivity index is 3.33. The van der Waals surface area contributed by atoms with E-state index in [1.165, 1.54) is 0 Å². The molecule has 0 saturated carbocycles. The molecule has 0 fully saturated rings. The standard InChI is InChI=1S/C4H7O2S.Na/c1-2-6-4(5)3-7;/h3,7H,2H2,1H3;. The van der Waals surface area contributed by atoms with Crippen LogP contribution in [0.2, 0.25) is 0 Å². The maximum atomic E-state index is 10.5. The van der Waals surface area contributed by atoms with Crippen LogP contribution < -0.4 is 0 Å². The summed E-state index contributed by atoms with van der Waals surface area (Å²) < 4.78 is 4.47. The van der Waals surface area contributed by atoms with Crippen molar-refractivity contribution in [2.45, 2.75) is 9.42 Å². The van der Waals surface area contributed by atoms with Gasteiger partial charge in [0.2, 0.25) is 0 Å². The molecule has 0 aromatic rings. The number of carbonyl (C=O) groups excluding carboxylic acids is 1. The summed E-state index contributed by atoms with van der Waals surface area (Å²) in [5.41, 5.74) is 0. The Morgan fingerprint density at radius 1 is 2.00 bits per heavy atom. The predicted octanol–water partition coefficient (Wildman–Crippen LogP) is -0.0261. The quantitative estimate of drug-likeness (QED) is 0.333. The zero-order valence-corrected chi connectivity index (χ0v) is 7.94. The molecule has 0 amide bonds. The second-order valence-corrected chi connectivity index (χ2v) is 4.33. The van der Waals surface area contributed by atoms with E-state index >= 15 is 0 Å². The molecule has 0 bridgehead atoms. The molecule has 8 heavy (non-hydrogen) atoms. The number of thiol groups is 1. The number of hydrogen-bond donors (Lipinski definition) is 1. The third-order valence-electron chi connectivity index (χ3n) is 0.628. The molecule has 0 saturated heterocycles. The molecule has 0 radical (unpaired) electrons. The van der Waals surface area contributed by atoms with Gasteiger partial charge in [0.25, 0.3) is 0 Å². The fourth-order valence-electron chi connectivity index (χ4n) is 0.263. The summed E-state index contributed by atoms with van der Waals surface area (Å²) >= 11 is 4.67. The van der Waals surface area contributed by atoms with Crippen LogP contribution in [0.4, 0.5) is 0 Å². The Kier molecular flexibility index (Phi) is 5.15. The van der Waals surface area contributed by atoms with Crippen LogP contribution in [0.25, 0.3) is 0 Å². The van der Waals surface area contributed by atoms with Gasteiger partial charge in [0.1, 0.15) is 0 Å². The van der Waals surface area contributed by atoms with Crippen molar-refractivity contribution in [3.05, 3.63) is 0 Å². The van der Waals surface area contributed by atoms with Crippen LogP contribution in [-0.4, -0.2) is 43.0 Å². The molecular weight excluding hydrogens is 135 g/mol. The van der Waals surface area contributed by atoms with E-state index in [0.29, 0.717) is 6.61 Å². The van der Waals surface area contributed by atoms with Crippen LogP contribution in [-0.2, 0) is 9.53 Å². The molecule has 0 heterocycles. The molecule has 0 aromatic carbocycles. The number of hydrogen-bond acceptors (Lipinski definition) is 3. The topological polar surface area (TPSA) is 26.3 Å². The number of ether oxygens (including phenoxy) is 1. The van der Waals surface area contributed by atoms with Crippen LogP contribution in [0.15, 0.2) is 0 Å². The summed E-state index contributed by atoms with van der Waals surface area (Å²) in [6.07, 6.45) is 0. The fourth-order valence-corrected chi connectivity index (χ4v) is 0.504. The first kappa shape index (κ1) is 8.82. The number of esters is 1. The van der Waals surface area contributed by atoms with E-state index in [-0.39, 0.29) is 8.47 Å². The van der Waals surface area contributed by atoms with Gasteiger partial charge in [0, 0.05) is 0 Å². The van der Waals surface area contributed by atoms with Gasteiger partial charge >= 0.3 is 72.1 Å². The molecule has 0 aliphatic carbocycles. The van der Waals surface area contributed by atoms with E-state index in [9.17, 15) is 4.79 Å². The molecule has 1 unspecified atom stereocenters. The predicted molar refractivity (Wildman–Crippen MR) is 35.2 cm³/mol. The summed E-state index contributed by atoms with van der Waals surface area (Å²) in [6, 6.07) is 0. The molecule has 0 aliphatic heterocycles. The van der Waals surface area contributed by atoms with Gasteiger partial charge in [-0.3, -0.25) is 0 Å². The van der Waals surface area contributed by atoms with Crippen molar-refractivity contribution in [1.29, 1.82) is 0 Å². The number of carbonyl (C=O) groups is 1. The van der Waals surface area contributed by atoms with Crippen LogP contribution in [0.3, 0.4) is 0 Å². The van der Waals surface area contributed by atoms with Crippen molar-refractivity contribution in [2.75, 3.05) is 6.61 Å². The maximum absolute atomic E-state index is 10.5. The summed E-state index contributed by atoms with van der Waals surface area (Å²) in [5, 5.41) is 0. The van der Waals surface area contributed by atoms with E-state index in [1.54, 1.807) is 6.92 Å². The van der Waals surface area contributed by atoms with Crippen LogP contribution in [0.5, 0.6) is 0 Å². The van der Waals surface area contributed by atoms with Crippen molar-refractivity contribution in [3.63, 3.8) is 0 Å². The average molecular weight is 142 g/mol. The van der Waals surface area contributed by atoms with Gasteiger partial charge < -0.3 is 0 Å². The molecule has 2 nitrogen and oxygen atoms in total. The fraction of sp³-hybridized carbons (Fsp3) is 0.750. The third-order valence-corrected chi connectivity index (χ3v) is 1.31. The van der Waals surface area contributed by atoms with Crippen molar-refractivity contribution >= 4 is 46.5 Å². The first-order valence-corrected chi connectivity index (χ1v) is 4.20. The van der Waals surface area contributed by atoms with Crippen molar-refractivity contribution in [2.24, 2.45) is 0 Å². The molecule has 0 spiro atoms. The normalized spacial score (nSPS) is 13.0. The Labute approximate surface area is 71.8 Å². The third kappa shape index (κ3) is 3.78. The second kappa shape index (κ2) is 4.68. The number of rotatable bonds is 2. The van der Waals surface area contributed by atoms with Gasteiger partial charge in [-0.1, -0.05) is 0 Å². The summed E-state index contributed by atoms with van der Waals surface area (Å²) in [5.74, 6) is -0.192. The van der Waals surface area contributed by atoms with Crippen molar-refractivity contribution in [1.82, 2.24) is 0 Å². The van der Waals surface area contributed by atoms with Crippen LogP contribution in [0, 0.1) is 0 Å². The molecule has 0 aliphatic rings. The minimum absolute atomic E-state index is 0.157. The molecule has 42 valence electrons. The summed E-state index contributed by atoms with van der Waals surface area (Å²) in [6.45, 7) is 2.24. The Hall–Kier alpha value is 0.820. The molecule has 4 heteroatoms. The summed E-state index contributed by atoms with van der Waals surface area (Å²) in [4.78, 5) is 10.5. The minimum atomic E-state index is -0.192. The average Bonchev–Trinajstić information content (AvgIpc) is 1.67. The van der Waals surface area contributed by atoms with E-state index < -0.39 is 0 Å². The SMILES string of the molecule is CCOC(=O)[CH]([Na])S. The van der Waals surface area contributed by atoms with Crippen molar-refractivity contribution in [3.8, 4) is 0 Å². The van der Waals surface area contributed by atoms with Gasteiger partial charge in [-0.15, -0.1) is 0 Å². The van der Waals surface area contributed by atoms with Gasteiger partial charge in [0.15, 0.2) is 0 Å². The molecule has 0 aromatic heterocycles. The molecule has 0 N–H and O–H groups in total. The van der Waals surface area contributed by atoms with E-state index in [1.807, 2.05) is 0 Å². The Bertz CT molecular complexity index is 84.1. The van der Waals surface area contributed by atoms with E-state index in [4.69, 9.17) is 0 Å². The summed E-state index contributed by atoms with van der Waals surface area (Å²) in [7, 11) is 0. The van der Waals surface area contributed by atoms with E-state index in [2.05, 4.69) is 17.4 Å². The van der Waals surface area contributed by atoms with Crippen LogP contribution in [0.1, 0.15) is 6.92 Å². The first-order valence-electron chi connectivity index (χ1n) is 2.53. The molecule has 1 atom stereocenters. The van der Waals surface area contributed by atoms with Crippen LogP contribution >= 0.6 is 12.6 Å². The second-order valence-electron chi connectivity index (χ2n) is 1.43. The monoisotopic (exact) mass is 142 g/mol. The zero-order chi connectivity index (χ0) is 6.57. The Morgan fingerprint density at radius 3 is 2.62 bits per heavy atom. The molecular formula is C4H7NaO2S. The first-order chi connectivity index (χ1) is 3.68. The van der Waals surface area contributed by atoms with E-state index in [0.717, 1.165) is 27.9 Å². The van der Waals surface area contributed by atoms with Crippen molar-refractivity contribution < 1.29 is 9.53 Å². The van der Waals surface area contributed by atoms with Gasteiger partial charge in [-0.05, 0) is 0 Å². The molecule has 0 rings (SSSR count).